The number of anilines is 1. The molecule has 0 aliphatic carbocycles. The van der Waals surface area contributed by atoms with Gasteiger partial charge in [0.1, 0.15) is 0 Å². The third-order valence-electron chi connectivity index (χ3n) is 4.67. The van der Waals surface area contributed by atoms with E-state index in [1.54, 1.807) is 24.3 Å². The van der Waals surface area contributed by atoms with Crippen LogP contribution >= 0.6 is 12.4 Å². The molecule has 4 atom stereocenters. The molecule has 3 N–H and O–H groups in total. The Bertz CT molecular complexity index is 599. The van der Waals surface area contributed by atoms with E-state index < -0.39 is 6.04 Å². The van der Waals surface area contributed by atoms with Crippen molar-refractivity contribution in [3.63, 3.8) is 0 Å². The predicted molar refractivity (Wildman–Crippen MR) is 106 cm³/mol. The van der Waals surface area contributed by atoms with E-state index in [2.05, 4.69) is 5.32 Å². The summed E-state index contributed by atoms with van der Waals surface area (Å²) >= 11 is 0. The highest BCUT2D eigenvalue weighted by Crippen LogP contribution is 2.17. The Balaban J connectivity index is 0.00000338. The van der Waals surface area contributed by atoms with Crippen LogP contribution in [0.4, 0.5) is 5.69 Å². The van der Waals surface area contributed by atoms with E-state index in [4.69, 9.17) is 10.5 Å². The summed E-state index contributed by atoms with van der Waals surface area (Å²) in [5.74, 6) is -0.105. The summed E-state index contributed by atoms with van der Waals surface area (Å²) in [4.78, 5) is 26.6. The minimum atomic E-state index is -0.539. The van der Waals surface area contributed by atoms with Gasteiger partial charge in [0, 0.05) is 24.3 Å². The van der Waals surface area contributed by atoms with Crippen molar-refractivity contribution in [1.29, 1.82) is 0 Å². The van der Waals surface area contributed by atoms with E-state index in [1.165, 1.54) is 0 Å². The zero-order valence-corrected chi connectivity index (χ0v) is 16.7. The van der Waals surface area contributed by atoms with Crippen molar-refractivity contribution in [3.8, 4) is 0 Å². The van der Waals surface area contributed by atoms with E-state index in [-0.39, 0.29) is 42.3 Å². The van der Waals surface area contributed by atoms with Crippen molar-refractivity contribution in [2.75, 3.05) is 18.4 Å². The second-order valence-corrected chi connectivity index (χ2v) is 6.95. The molecule has 6 nitrogen and oxygen atoms in total. The van der Waals surface area contributed by atoms with Crippen LogP contribution in [-0.2, 0) is 9.53 Å². The Hall–Kier alpha value is -1.63. The highest BCUT2D eigenvalue weighted by molar-refractivity contribution is 5.97. The van der Waals surface area contributed by atoms with Crippen molar-refractivity contribution in [2.45, 2.75) is 52.4 Å². The molecule has 1 aromatic carbocycles. The largest absolute Gasteiger partial charge is 0.372 e. The molecule has 2 amide bonds. The van der Waals surface area contributed by atoms with Crippen LogP contribution in [0.3, 0.4) is 0 Å². The average Bonchev–Trinajstić information content (AvgIpc) is 2.59. The molecule has 0 radical (unpaired) electrons. The Kier molecular flexibility index (Phi) is 8.53. The molecule has 0 spiro atoms. The van der Waals surface area contributed by atoms with Gasteiger partial charge >= 0.3 is 0 Å². The summed E-state index contributed by atoms with van der Waals surface area (Å²) in [5.41, 5.74) is 7.18. The molecule has 1 aromatic rings. The third-order valence-corrected chi connectivity index (χ3v) is 4.67. The van der Waals surface area contributed by atoms with Gasteiger partial charge < -0.3 is 20.7 Å². The number of benzene rings is 1. The van der Waals surface area contributed by atoms with Crippen molar-refractivity contribution in [3.05, 3.63) is 29.8 Å². The predicted octanol–water partition coefficient (Wildman–Crippen LogP) is 2.67. The van der Waals surface area contributed by atoms with Crippen LogP contribution in [0.1, 0.15) is 44.5 Å². The molecule has 1 saturated heterocycles. The molecule has 0 aromatic heterocycles. The molecular weight excluding hydrogens is 354 g/mol. The van der Waals surface area contributed by atoms with Crippen LogP contribution in [0.15, 0.2) is 24.3 Å². The van der Waals surface area contributed by atoms with Crippen LogP contribution in [0.25, 0.3) is 0 Å². The minimum absolute atomic E-state index is 0. The first kappa shape index (κ1) is 22.4. The van der Waals surface area contributed by atoms with Crippen LogP contribution in [0, 0.1) is 5.92 Å². The smallest absolute Gasteiger partial charge is 0.254 e. The highest BCUT2D eigenvalue weighted by atomic mass is 35.5. The van der Waals surface area contributed by atoms with Gasteiger partial charge in [-0.1, -0.05) is 20.3 Å². The number of nitrogens with zero attached hydrogens (tertiary/aromatic N) is 1. The number of carbonyl (C=O) groups excluding carboxylic acids is 2. The van der Waals surface area contributed by atoms with Gasteiger partial charge in [0.2, 0.25) is 5.91 Å². The number of halogens is 1. The van der Waals surface area contributed by atoms with Gasteiger partial charge in [0.05, 0.1) is 18.2 Å². The summed E-state index contributed by atoms with van der Waals surface area (Å²) < 4.78 is 5.66. The van der Waals surface area contributed by atoms with Crippen molar-refractivity contribution >= 4 is 29.9 Å². The standard InChI is InChI=1S/C19H29N3O3.ClH/c1-5-12(2)17(20)18(23)21-16-8-6-15(7-9-16)19(24)22-10-13(3)25-14(4)11-22;/h6-9,12-14,17H,5,10-11,20H2,1-4H3,(H,21,23);1H. The highest BCUT2D eigenvalue weighted by Gasteiger charge is 2.26. The zero-order valence-electron chi connectivity index (χ0n) is 15.9. The normalized spacial score (nSPS) is 22.1. The van der Waals surface area contributed by atoms with Gasteiger partial charge in [-0.05, 0) is 44.0 Å². The molecule has 146 valence electrons. The fraction of sp³-hybridized carbons (Fsp3) is 0.579. The first-order chi connectivity index (χ1) is 11.8. The molecular formula is C19H30ClN3O3. The van der Waals surface area contributed by atoms with Gasteiger partial charge in [-0.3, -0.25) is 9.59 Å². The fourth-order valence-electron chi connectivity index (χ4n) is 2.96. The Morgan fingerprint density at radius 3 is 2.27 bits per heavy atom. The second-order valence-electron chi connectivity index (χ2n) is 6.95. The van der Waals surface area contributed by atoms with Crippen molar-refractivity contribution in [2.24, 2.45) is 11.7 Å². The van der Waals surface area contributed by atoms with Gasteiger partial charge in [-0.25, -0.2) is 0 Å². The van der Waals surface area contributed by atoms with E-state index in [0.29, 0.717) is 24.3 Å². The molecule has 1 aliphatic heterocycles. The lowest BCUT2D eigenvalue weighted by Gasteiger charge is -2.35. The molecule has 1 heterocycles. The van der Waals surface area contributed by atoms with E-state index in [0.717, 1.165) is 6.42 Å². The first-order valence-electron chi connectivity index (χ1n) is 8.93. The molecule has 7 heteroatoms. The summed E-state index contributed by atoms with van der Waals surface area (Å²) in [6, 6.07) is 6.40. The van der Waals surface area contributed by atoms with Crippen LogP contribution < -0.4 is 11.1 Å². The molecule has 4 unspecified atom stereocenters. The molecule has 0 bridgehead atoms. The lowest BCUT2D eigenvalue weighted by Crippen LogP contribution is -2.48. The van der Waals surface area contributed by atoms with Crippen molar-refractivity contribution < 1.29 is 14.3 Å². The van der Waals surface area contributed by atoms with E-state index in [1.807, 2.05) is 32.6 Å². The number of rotatable bonds is 5. The first-order valence-corrected chi connectivity index (χ1v) is 8.93. The summed E-state index contributed by atoms with van der Waals surface area (Å²) in [6.45, 7) is 9.07. The quantitative estimate of drug-likeness (QED) is 0.818. The van der Waals surface area contributed by atoms with Crippen LogP contribution in [0.2, 0.25) is 0 Å². The Morgan fingerprint density at radius 2 is 1.77 bits per heavy atom. The topological polar surface area (TPSA) is 84.7 Å². The van der Waals surface area contributed by atoms with E-state index in [9.17, 15) is 9.59 Å². The zero-order chi connectivity index (χ0) is 18.6. The number of ether oxygens (including phenoxy) is 1. The number of hydrogen-bond acceptors (Lipinski definition) is 4. The van der Waals surface area contributed by atoms with Gasteiger partial charge in [0.25, 0.3) is 5.91 Å². The Morgan fingerprint density at radius 1 is 1.23 bits per heavy atom. The fourth-order valence-corrected chi connectivity index (χ4v) is 2.96. The molecule has 26 heavy (non-hydrogen) atoms. The maximum atomic E-state index is 12.6. The summed E-state index contributed by atoms with van der Waals surface area (Å²) in [5, 5.41) is 2.81. The van der Waals surface area contributed by atoms with Crippen LogP contribution in [0.5, 0.6) is 0 Å². The summed E-state index contributed by atoms with van der Waals surface area (Å²) in [6.07, 6.45) is 0.917. The maximum absolute atomic E-state index is 12.6. The number of morpholine rings is 1. The second kappa shape index (κ2) is 9.90. The molecule has 1 aliphatic rings. The van der Waals surface area contributed by atoms with E-state index >= 15 is 0 Å². The van der Waals surface area contributed by atoms with Gasteiger partial charge in [-0.2, -0.15) is 0 Å². The molecule has 1 fully saturated rings. The average molecular weight is 384 g/mol. The number of nitrogens with one attached hydrogen (secondary N) is 1. The summed E-state index contributed by atoms with van der Waals surface area (Å²) in [7, 11) is 0. The number of nitrogens with two attached hydrogens (primary N) is 1. The lowest BCUT2D eigenvalue weighted by atomic mass is 9.99. The van der Waals surface area contributed by atoms with Crippen LogP contribution in [-0.4, -0.2) is 48.1 Å². The van der Waals surface area contributed by atoms with Gasteiger partial charge in [0.15, 0.2) is 0 Å². The number of amides is 2. The minimum Gasteiger partial charge on any atom is -0.372 e. The maximum Gasteiger partial charge on any atom is 0.254 e. The van der Waals surface area contributed by atoms with Gasteiger partial charge in [-0.15, -0.1) is 12.4 Å². The number of carbonyl (C=O) groups is 2. The van der Waals surface area contributed by atoms with Crippen molar-refractivity contribution in [1.82, 2.24) is 4.90 Å². The monoisotopic (exact) mass is 383 g/mol. The Labute approximate surface area is 161 Å². The number of hydrogen-bond donors (Lipinski definition) is 2. The SMILES string of the molecule is CCC(C)C(N)C(=O)Nc1ccc(C(=O)N2CC(C)OC(C)C2)cc1.Cl. The lowest BCUT2D eigenvalue weighted by molar-refractivity contribution is -0.118. The molecule has 0 saturated carbocycles. The third kappa shape index (κ3) is 5.69. The molecule has 2 rings (SSSR count).